The maximum absolute atomic E-state index is 13.5. The Bertz CT molecular complexity index is 946. The molecule has 0 aliphatic carbocycles. The van der Waals surface area contributed by atoms with Crippen LogP contribution in [-0.2, 0) is 4.74 Å². The average Bonchev–Trinajstić information content (AvgIpc) is 3.18. The molecule has 25 heavy (non-hydrogen) atoms. The second-order valence-electron chi connectivity index (χ2n) is 6.36. The van der Waals surface area contributed by atoms with Crippen molar-refractivity contribution in [2.24, 2.45) is 0 Å². The third-order valence-electron chi connectivity index (χ3n) is 4.66. The van der Waals surface area contributed by atoms with Gasteiger partial charge in [-0.05, 0) is 37.6 Å². The third kappa shape index (κ3) is 2.70. The molecule has 0 bridgehead atoms. The molecule has 0 unspecified atom stereocenters. The van der Waals surface area contributed by atoms with Gasteiger partial charge >= 0.3 is 0 Å². The summed E-state index contributed by atoms with van der Waals surface area (Å²) in [5.74, 6) is 0.269. The van der Waals surface area contributed by atoms with Crippen molar-refractivity contribution in [1.29, 1.82) is 0 Å². The topological polar surface area (TPSA) is 74.0 Å². The number of ether oxygens (including phenoxy) is 1. The first-order valence-electron chi connectivity index (χ1n) is 8.22. The highest BCUT2D eigenvalue weighted by atomic mass is 19.1. The fourth-order valence-corrected chi connectivity index (χ4v) is 3.33. The number of halogens is 1. The van der Waals surface area contributed by atoms with Crippen molar-refractivity contribution in [3.8, 4) is 0 Å². The number of hydrogen-bond acceptors (Lipinski definition) is 3. The fourth-order valence-electron chi connectivity index (χ4n) is 3.33. The molecule has 1 fully saturated rings. The molecule has 2 aromatic heterocycles. The minimum Gasteiger partial charge on any atom is -0.377 e. The van der Waals surface area contributed by atoms with Crippen LogP contribution in [0, 0.1) is 19.7 Å². The smallest absolute Gasteiger partial charge is 0.271 e. The van der Waals surface area contributed by atoms with Gasteiger partial charge in [-0.15, -0.1) is 0 Å². The Balaban J connectivity index is 1.72. The van der Waals surface area contributed by atoms with E-state index in [2.05, 4.69) is 15.0 Å². The van der Waals surface area contributed by atoms with Crippen LogP contribution in [0.3, 0.4) is 0 Å². The number of benzene rings is 1. The van der Waals surface area contributed by atoms with E-state index in [1.54, 1.807) is 17.2 Å². The summed E-state index contributed by atoms with van der Waals surface area (Å²) in [5, 5.41) is 0.724. The molecule has 0 radical (unpaired) electrons. The van der Waals surface area contributed by atoms with E-state index in [0.29, 0.717) is 31.3 Å². The number of nitrogens with one attached hydrogen (secondary N) is 2. The number of aromatic nitrogens is 3. The van der Waals surface area contributed by atoms with Gasteiger partial charge in [0, 0.05) is 29.3 Å². The van der Waals surface area contributed by atoms with Gasteiger partial charge in [0.2, 0.25) is 0 Å². The van der Waals surface area contributed by atoms with Crippen LogP contribution in [0.25, 0.3) is 10.9 Å². The van der Waals surface area contributed by atoms with Crippen molar-refractivity contribution >= 4 is 16.8 Å². The number of aromatic amines is 2. The maximum Gasteiger partial charge on any atom is 0.271 e. The zero-order chi connectivity index (χ0) is 17.6. The number of carbonyl (C=O) groups is 1. The Morgan fingerprint density at radius 3 is 2.96 bits per heavy atom. The van der Waals surface area contributed by atoms with Gasteiger partial charge in [-0.1, -0.05) is 0 Å². The molecule has 0 spiro atoms. The molecule has 7 heteroatoms. The van der Waals surface area contributed by atoms with Gasteiger partial charge in [0.05, 0.1) is 13.2 Å². The molecule has 0 saturated carbocycles. The molecule has 130 valence electrons. The summed E-state index contributed by atoms with van der Waals surface area (Å²) >= 11 is 0. The predicted molar refractivity (Wildman–Crippen MR) is 90.9 cm³/mol. The molecule has 6 nitrogen and oxygen atoms in total. The zero-order valence-corrected chi connectivity index (χ0v) is 14.1. The largest absolute Gasteiger partial charge is 0.377 e. The fraction of sp³-hybridized carbons (Fsp3) is 0.333. The van der Waals surface area contributed by atoms with E-state index in [9.17, 15) is 9.18 Å². The van der Waals surface area contributed by atoms with Crippen LogP contribution in [0.4, 0.5) is 4.39 Å². The van der Waals surface area contributed by atoms with Gasteiger partial charge in [0.15, 0.2) is 0 Å². The van der Waals surface area contributed by atoms with Crippen molar-refractivity contribution in [3.63, 3.8) is 0 Å². The average molecular weight is 342 g/mol. The summed E-state index contributed by atoms with van der Waals surface area (Å²) in [6, 6.07) is 4.22. The van der Waals surface area contributed by atoms with E-state index < -0.39 is 0 Å². The maximum atomic E-state index is 13.5. The highest BCUT2D eigenvalue weighted by molar-refractivity contribution is 6.01. The molecule has 4 rings (SSSR count). The lowest BCUT2D eigenvalue weighted by Crippen LogP contribution is -2.44. The van der Waals surface area contributed by atoms with Crippen molar-refractivity contribution < 1.29 is 13.9 Å². The van der Waals surface area contributed by atoms with E-state index in [1.165, 1.54) is 12.1 Å². The van der Waals surface area contributed by atoms with E-state index in [-0.39, 0.29) is 17.8 Å². The number of fused-ring (bicyclic) bond motifs is 1. The molecule has 3 aromatic rings. The van der Waals surface area contributed by atoms with Crippen LogP contribution in [0.5, 0.6) is 0 Å². The van der Waals surface area contributed by atoms with Crippen molar-refractivity contribution in [2.75, 3.05) is 19.8 Å². The molecule has 1 amide bonds. The predicted octanol–water partition coefficient (Wildman–Crippen LogP) is 2.86. The summed E-state index contributed by atoms with van der Waals surface area (Å²) in [6.07, 6.45) is 1.74. The highest BCUT2D eigenvalue weighted by Crippen LogP contribution is 2.28. The molecule has 2 N–H and O–H groups in total. The lowest BCUT2D eigenvalue weighted by atomic mass is 10.1. The Kier molecular flexibility index (Phi) is 3.80. The molecule has 1 atom stereocenters. The van der Waals surface area contributed by atoms with Crippen LogP contribution in [-0.4, -0.2) is 45.5 Å². The van der Waals surface area contributed by atoms with E-state index >= 15 is 0 Å². The standard InChI is InChI=1S/C18H19FN4O2/c1-10-8-20-17(21-10)15-9-25-6-5-23(15)18(24)16-11(2)13-7-12(19)3-4-14(13)22-16/h3-4,7-8,15,22H,5-6,9H2,1-2H3,(H,20,21)/t15-/m0/s1. The quantitative estimate of drug-likeness (QED) is 0.752. The highest BCUT2D eigenvalue weighted by Gasteiger charge is 2.32. The number of nitrogens with zero attached hydrogens (tertiary/aromatic N) is 2. The van der Waals surface area contributed by atoms with Gasteiger partial charge in [0.1, 0.15) is 23.4 Å². The molecular formula is C18H19FN4O2. The molecule has 3 heterocycles. The summed E-state index contributed by atoms with van der Waals surface area (Å²) in [5.41, 5.74) is 2.92. The van der Waals surface area contributed by atoms with Gasteiger partial charge in [-0.3, -0.25) is 4.79 Å². The summed E-state index contributed by atoms with van der Waals surface area (Å²) in [4.78, 5) is 25.6. The van der Waals surface area contributed by atoms with Gasteiger partial charge in [-0.25, -0.2) is 9.37 Å². The third-order valence-corrected chi connectivity index (χ3v) is 4.66. The molecule has 1 aliphatic heterocycles. The van der Waals surface area contributed by atoms with Crippen LogP contribution < -0.4 is 0 Å². The lowest BCUT2D eigenvalue weighted by molar-refractivity contribution is -0.00530. The van der Waals surface area contributed by atoms with Gasteiger partial charge in [0.25, 0.3) is 5.91 Å². The Labute approximate surface area is 144 Å². The number of amides is 1. The van der Waals surface area contributed by atoms with Gasteiger partial charge in [-0.2, -0.15) is 0 Å². The second-order valence-corrected chi connectivity index (χ2v) is 6.36. The molecular weight excluding hydrogens is 323 g/mol. The SMILES string of the molecule is Cc1cnc([C@@H]2COCCN2C(=O)c2[nH]c3ccc(F)cc3c2C)[nH]1. The summed E-state index contributed by atoms with van der Waals surface area (Å²) in [6.45, 7) is 5.11. The number of carbonyl (C=O) groups excluding carboxylic acids is 1. The summed E-state index contributed by atoms with van der Waals surface area (Å²) in [7, 11) is 0. The number of rotatable bonds is 2. The minimum absolute atomic E-state index is 0.128. The van der Waals surface area contributed by atoms with E-state index in [0.717, 1.165) is 22.2 Å². The lowest BCUT2D eigenvalue weighted by Gasteiger charge is -2.34. The number of aryl methyl sites for hydroxylation is 2. The first-order chi connectivity index (χ1) is 12.0. The summed E-state index contributed by atoms with van der Waals surface area (Å²) < 4.78 is 19.1. The monoisotopic (exact) mass is 342 g/mol. The zero-order valence-electron chi connectivity index (χ0n) is 14.1. The number of hydrogen-bond donors (Lipinski definition) is 2. The van der Waals surface area contributed by atoms with Crippen LogP contribution in [0.15, 0.2) is 24.4 Å². The first-order valence-corrected chi connectivity index (χ1v) is 8.22. The normalized spacial score (nSPS) is 18.0. The van der Waals surface area contributed by atoms with Crippen molar-refractivity contribution in [3.05, 3.63) is 53.0 Å². The molecule has 1 aromatic carbocycles. The minimum atomic E-state index is -0.316. The number of H-pyrrole nitrogens is 2. The van der Waals surface area contributed by atoms with Crippen molar-refractivity contribution in [1.82, 2.24) is 19.9 Å². The van der Waals surface area contributed by atoms with Crippen LogP contribution in [0.2, 0.25) is 0 Å². The molecule has 1 aliphatic rings. The Morgan fingerprint density at radius 2 is 2.20 bits per heavy atom. The van der Waals surface area contributed by atoms with Crippen molar-refractivity contribution in [2.45, 2.75) is 19.9 Å². The van der Waals surface area contributed by atoms with E-state index in [1.807, 2.05) is 13.8 Å². The van der Waals surface area contributed by atoms with Gasteiger partial charge < -0.3 is 19.6 Å². The molecule has 1 saturated heterocycles. The van der Waals surface area contributed by atoms with E-state index in [4.69, 9.17) is 4.74 Å². The number of imidazole rings is 1. The van der Waals surface area contributed by atoms with Crippen LogP contribution in [0.1, 0.15) is 33.6 Å². The second kappa shape index (κ2) is 6.00. The Morgan fingerprint density at radius 1 is 1.36 bits per heavy atom. The number of morpholine rings is 1. The Hall–Kier alpha value is -2.67. The van der Waals surface area contributed by atoms with Crippen LogP contribution >= 0.6 is 0 Å². The first kappa shape index (κ1) is 15.8.